The molecule has 4 N–H and O–H groups in total. The first-order chi connectivity index (χ1) is 17.1. The number of primary amides is 1. The molecule has 0 fully saturated rings. The largest absolute Gasteiger partial charge is 0.382 e. The van der Waals surface area contributed by atoms with E-state index in [1.165, 1.54) is 11.9 Å². The van der Waals surface area contributed by atoms with Crippen LogP contribution in [0.5, 0.6) is 0 Å². The van der Waals surface area contributed by atoms with Gasteiger partial charge in [-0.1, -0.05) is 54.6 Å². The first-order valence-corrected chi connectivity index (χ1v) is 11.1. The fourth-order valence-electron chi connectivity index (χ4n) is 4.39. The number of fused-ring (bicyclic) bond motifs is 2. The summed E-state index contributed by atoms with van der Waals surface area (Å²) in [6.45, 7) is 0.701. The van der Waals surface area contributed by atoms with Crippen LogP contribution in [0, 0.1) is 0 Å². The number of amides is 1. The van der Waals surface area contributed by atoms with Crippen molar-refractivity contribution in [2.45, 2.75) is 6.54 Å². The quantitative estimate of drug-likeness (QED) is 0.402. The third-order valence-corrected chi connectivity index (χ3v) is 6.10. The van der Waals surface area contributed by atoms with Crippen LogP contribution in [-0.2, 0) is 6.54 Å². The first-order valence-electron chi connectivity index (χ1n) is 11.1. The Morgan fingerprint density at radius 3 is 2.46 bits per heavy atom. The first kappa shape index (κ1) is 20.6. The molecule has 35 heavy (non-hydrogen) atoms. The zero-order valence-electron chi connectivity index (χ0n) is 18.7. The van der Waals surface area contributed by atoms with Gasteiger partial charge in [0.1, 0.15) is 11.8 Å². The third kappa shape index (κ3) is 3.67. The van der Waals surface area contributed by atoms with Gasteiger partial charge in [0.15, 0.2) is 5.82 Å². The molecule has 170 valence electrons. The van der Waals surface area contributed by atoms with Gasteiger partial charge in [-0.3, -0.25) is 9.48 Å². The lowest BCUT2D eigenvalue weighted by atomic mass is 10.0. The van der Waals surface area contributed by atoms with Crippen LogP contribution in [0.15, 0.2) is 91.4 Å². The van der Waals surface area contributed by atoms with Gasteiger partial charge >= 0.3 is 0 Å². The van der Waals surface area contributed by atoms with Crippen molar-refractivity contribution < 1.29 is 4.79 Å². The van der Waals surface area contributed by atoms with Gasteiger partial charge in [-0.25, -0.2) is 9.50 Å². The number of hydrogen-bond donors (Lipinski definition) is 2. The van der Waals surface area contributed by atoms with Crippen LogP contribution in [-0.4, -0.2) is 30.3 Å². The Bertz CT molecular complexity index is 1700. The lowest BCUT2D eigenvalue weighted by molar-refractivity contribution is 0.100. The molecular formula is C27H21N7O. The fraction of sp³-hybridized carbons (Fsp3) is 0.0370. The van der Waals surface area contributed by atoms with Crippen molar-refractivity contribution in [1.82, 2.24) is 24.4 Å². The standard InChI is InChI=1S/C27H21N7O/c28-26-25-22(13-24(34(25)31-16-30-26)18-6-8-19(9-7-18)27(29)35)20-10-11-21-15-33(32-23(21)12-20)14-17-4-2-1-3-5-17/h1-13,15-16H,14H2,(H2,29,35)(H2,28,30,31). The normalized spacial score (nSPS) is 11.3. The van der Waals surface area contributed by atoms with Crippen LogP contribution in [0.4, 0.5) is 5.82 Å². The van der Waals surface area contributed by atoms with Gasteiger partial charge in [-0.15, -0.1) is 0 Å². The van der Waals surface area contributed by atoms with Crippen molar-refractivity contribution >= 4 is 28.1 Å². The fourth-order valence-corrected chi connectivity index (χ4v) is 4.39. The Morgan fingerprint density at radius 1 is 0.914 bits per heavy atom. The average molecular weight is 460 g/mol. The maximum atomic E-state index is 11.5. The Morgan fingerprint density at radius 2 is 1.69 bits per heavy atom. The van der Waals surface area contributed by atoms with Crippen molar-refractivity contribution in [3.63, 3.8) is 0 Å². The number of nitrogen functional groups attached to an aromatic ring is 1. The molecule has 0 saturated heterocycles. The monoisotopic (exact) mass is 459 g/mol. The van der Waals surface area contributed by atoms with Crippen LogP contribution in [0.25, 0.3) is 38.8 Å². The van der Waals surface area contributed by atoms with Crippen LogP contribution in [0.3, 0.4) is 0 Å². The van der Waals surface area contributed by atoms with Gasteiger partial charge in [0.25, 0.3) is 0 Å². The molecule has 0 saturated carbocycles. The maximum absolute atomic E-state index is 11.5. The second-order valence-corrected chi connectivity index (χ2v) is 8.38. The molecule has 3 aromatic carbocycles. The molecule has 0 unspecified atom stereocenters. The van der Waals surface area contributed by atoms with Crippen molar-refractivity contribution in [1.29, 1.82) is 0 Å². The molecule has 0 aliphatic carbocycles. The highest BCUT2D eigenvalue weighted by molar-refractivity contribution is 5.96. The predicted molar refractivity (Wildman–Crippen MR) is 136 cm³/mol. The van der Waals surface area contributed by atoms with Gasteiger partial charge in [0, 0.05) is 28.3 Å². The van der Waals surface area contributed by atoms with Crippen molar-refractivity contribution in [3.05, 3.63) is 103 Å². The van der Waals surface area contributed by atoms with Crippen LogP contribution >= 0.6 is 0 Å². The summed E-state index contributed by atoms with van der Waals surface area (Å²) in [5.41, 5.74) is 18.5. The van der Waals surface area contributed by atoms with Gasteiger partial charge in [-0.2, -0.15) is 10.2 Å². The molecule has 0 aliphatic heterocycles. The van der Waals surface area contributed by atoms with E-state index in [1.54, 1.807) is 16.6 Å². The second-order valence-electron chi connectivity index (χ2n) is 8.38. The van der Waals surface area contributed by atoms with Gasteiger partial charge in [0.2, 0.25) is 5.91 Å². The van der Waals surface area contributed by atoms with Crippen LogP contribution < -0.4 is 11.5 Å². The number of hydrogen-bond acceptors (Lipinski definition) is 5. The highest BCUT2D eigenvalue weighted by Crippen LogP contribution is 2.35. The van der Waals surface area contributed by atoms with E-state index in [0.29, 0.717) is 23.4 Å². The zero-order chi connectivity index (χ0) is 23.9. The van der Waals surface area contributed by atoms with Crippen LogP contribution in [0.2, 0.25) is 0 Å². The molecule has 6 aromatic rings. The highest BCUT2D eigenvalue weighted by atomic mass is 16.1. The number of rotatable bonds is 5. The minimum absolute atomic E-state index is 0.379. The summed E-state index contributed by atoms with van der Waals surface area (Å²) >= 11 is 0. The summed E-state index contributed by atoms with van der Waals surface area (Å²) in [6, 6.07) is 25.5. The number of benzene rings is 3. The van der Waals surface area contributed by atoms with Gasteiger partial charge < -0.3 is 11.5 Å². The zero-order valence-corrected chi connectivity index (χ0v) is 18.7. The lowest BCUT2D eigenvalue weighted by Gasteiger charge is -2.04. The molecule has 3 heterocycles. The van der Waals surface area contributed by atoms with E-state index in [1.807, 2.05) is 47.3 Å². The SMILES string of the molecule is NC(=O)c1ccc(-c2cc(-c3ccc4cn(Cc5ccccc5)nc4c3)c3c(N)ncnn23)cc1. The molecule has 1 amide bonds. The number of aromatic nitrogens is 5. The van der Waals surface area contributed by atoms with E-state index in [9.17, 15) is 4.79 Å². The van der Waals surface area contributed by atoms with E-state index >= 15 is 0 Å². The molecule has 0 bridgehead atoms. The van der Waals surface area contributed by atoms with Gasteiger partial charge in [0.05, 0.1) is 17.8 Å². The Balaban J connectivity index is 1.45. The smallest absolute Gasteiger partial charge is 0.248 e. The minimum Gasteiger partial charge on any atom is -0.382 e. The lowest BCUT2D eigenvalue weighted by Crippen LogP contribution is -2.10. The van der Waals surface area contributed by atoms with E-state index in [4.69, 9.17) is 16.6 Å². The van der Waals surface area contributed by atoms with Crippen molar-refractivity contribution in [2.75, 3.05) is 5.73 Å². The molecule has 8 nitrogen and oxygen atoms in total. The number of nitrogens with two attached hydrogens (primary N) is 2. The molecule has 8 heteroatoms. The number of nitrogens with zero attached hydrogens (tertiary/aromatic N) is 5. The van der Waals surface area contributed by atoms with Crippen molar-refractivity contribution in [2.24, 2.45) is 5.73 Å². The molecule has 6 rings (SSSR count). The summed E-state index contributed by atoms with van der Waals surface area (Å²) in [4.78, 5) is 15.7. The molecule has 0 aliphatic rings. The molecule has 3 aromatic heterocycles. The summed E-state index contributed by atoms with van der Waals surface area (Å²) < 4.78 is 3.72. The number of carbonyl (C=O) groups excluding carboxylic acids is 1. The van der Waals surface area contributed by atoms with E-state index in [-0.39, 0.29) is 0 Å². The molecular weight excluding hydrogens is 438 g/mol. The van der Waals surface area contributed by atoms with E-state index in [0.717, 1.165) is 33.3 Å². The third-order valence-electron chi connectivity index (χ3n) is 6.10. The van der Waals surface area contributed by atoms with Crippen molar-refractivity contribution in [3.8, 4) is 22.4 Å². The molecule has 0 spiro atoms. The number of carbonyl (C=O) groups is 1. The number of anilines is 1. The second kappa shape index (κ2) is 8.11. The minimum atomic E-state index is -0.469. The molecule has 0 radical (unpaired) electrons. The molecule has 0 atom stereocenters. The summed E-state index contributed by atoms with van der Waals surface area (Å²) in [5, 5.41) is 10.3. The Labute approximate surface area is 200 Å². The van der Waals surface area contributed by atoms with E-state index < -0.39 is 5.91 Å². The average Bonchev–Trinajstić information content (AvgIpc) is 3.46. The Kier molecular flexibility index (Phi) is 4.77. The highest BCUT2D eigenvalue weighted by Gasteiger charge is 2.17. The maximum Gasteiger partial charge on any atom is 0.248 e. The summed E-state index contributed by atoms with van der Waals surface area (Å²) in [7, 11) is 0. The van der Waals surface area contributed by atoms with Crippen LogP contribution in [0.1, 0.15) is 15.9 Å². The topological polar surface area (TPSA) is 117 Å². The summed E-state index contributed by atoms with van der Waals surface area (Å²) in [5.74, 6) is -0.0893. The summed E-state index contributed by atoms with van der Waals surface area (Å²) in [6.07, 6.45) is 3.48. The Hall–Kier alpha value is -4.98. The van der Waals surface area contributed by atoms with Gasteiger partial charge in [-0.05, 0) is 35.4 Å². The predicted octanol–water partition coefficient (Wildman–Crippen LogP) is 4.14. The van der Waals surface area contributed by atoms with E-state index in [2.05, 4.69) is 40.4 Å².